The van der Waals surface area contributed by atoms with E-state index in [2.05, 4.69) is 54.6 Å². The predicted molar refractivity (Wildman–Crippen MR) is 142 cm³/mol. The van der Waals surface area contributed by atoms with Gasteiger partial charge in [-0.25, -0.2) is 4.89 Å². The van der Waals surface area contributed by atoms with Crippen molar-refractivity contribution in [3.8, 4) is 0 Å². The van der Waals surface area contributed by atoms with Gasteiger partial charge in [-0.05, 0) is 48.6 Å². The lowest BCUT2D eigenvalue weighted by atomic mass is 9.89. The standard InChI is InChI=1S/C26H42N8O3/c27-9-7-17(16-1-2-16)8-10-30-26(35)19-5-3-18(4-6-19)22-23-24(28)29-11-12-34(23)25(33-22)20-13-31-21(15-37-36)32-14-20/h3-5,7-9,16,19-25,29,31-33,36H,1-2,6,10-15,27-28H2,(H,30,35)/b9-7-,17-8+/t19-,20?,21?,22?,23?,24?,25?/m1/s1. The summed E-state index contributed by atoms with van der Waals surface area (Å²) in [4.78, 5) is 19.6. The Hall–Kier alpha value is -2.09. The Kier molecular flexibility index (Phi) is 8.73. The number of carbonyl (C=O) groups excluding carboxylic acids is 1. The number of hydrogen-bond acceptors (Lipinski definition) is 10. The number of allylic oxidation sites excluding steroid dienone is 3. The zero-order valence-corrected chi connectivity index (χ0v) is 21.3. The van der Waals surface area contributed by atoms with E-state index in [1.807, 2.05) is 12.2 Å². The molecule has 5 aliphatic rings. The number of rotatable bonds is 9. The van der Waals surface area contributed by atoms with Gasteiger partial charge in [-0.1, -0.05) is 24.3 Å². The summed E-state index contributed by atoms with van der Waals surface area (Å²) in [6.07, 6.45) is 15.0. The Morgan fingerprint density at radius 3 is 2.76 bits per heavy atom. The van der Waals surface area contributed by atoms with Crippen LogP contribution >= 0.6 is 0 Å². The molecule has 4 fully saturated rings. The van der Waals surface area contributed by atoms with E-state index in [0.29, 0.717) is 24.8 Å². The molecule has 5 rings (SSSR count). The number of carbonyl (C=O) groups is 1. The van der Waals surface area contributed by atoms with Gasteiger partial charge in [-0.3, -0.25) is 36.2 Å². The smallest absolute Gasteiger partial charge is 0.227 e. The highest BCUT2D eigenvalue weighted by atomic mass is 17.1. The predicted octanol–water partition coefficient (Wildman–Crippen LogP) is -1.10. The van der Waals surface area contributed by atoms with Crippen LogP contribution in [0.2, 0.25) is 0 Å². The van der Waals surface area contributed by atoms with Crippen molar-refractivity contribution in [2.24, 2.45) is 29.2 Å². The van der Waals surface area contributed by atoms with Crippen molar-refractivity contribution in [2.45, 2.75) is 49.8 Å². The van der Waals surface area contributed by atoms with Crippen LogP contribution in [0.25, 0.3) is 0 Å². The van der Waals surface area contributed by atoms with Crippen LogP contribution in [-0.4, -0.2) is 86.0 Å². The molecule has 0 aromatic heterocycles. The van der Waals surface area contributed by atoms with Crippen molar-refractivity contribution in [3.63, 3.8) is 0 Å². The largest absolute Gasteiger partial charge is 0.405 e. The summed E-state index contributed by atoms with van der Waals surface area (Å²) in [5.41, 5.74) is 14.5. The van der Waals surface area contributed by atoms with Gasteiger partial charge >= 0.3 is 0 Å². The highest BCUT2D eigenvalue weighted by molar-refractivity contribution is 5.81. The van der Waals surface area contributed by atoms with Gasteiger partial charge in [0, 0.05) is 38.6 Å². The Bertz CT molecular complexity index is 925. The molecule has 10 N–H and O–H groups in total. The molecular weight excluding hydrogens is 472 g/mol. The van der Waals surface area contributed by atoms with Gasteiger partial charge in [0.15, 0.2) is 0 Å². The van der Waals surface area contributed by atoms with Crippen molar-refractivity contribution in [1.82, 2.24) is 31.5 Å². The average molecular weight is 515 g/mol. The van der Waals surface area contributed by atoms with Gasteiger partial charge in [0.2, 0.25) is 5.91 Å². The van der Waals surface area contributed by atoms with Gasteiger partial charge in [-0.15, -0.1) is 0 Å². The molecule has 3 saturated heterocycles. The van der Waals surface area contributed by atoms with Crippen molar-refractivity contribution in [3.05, 3.63) is 47.7 Å². The molecule has 37 heavy (non-hydrogen) atoms. The van der Waals surface area contributed by atoms with Crippen molar-refractivity contribution in [2.75, 3.05) is 39.3 Å². The molecule has 0 bridgehead atoms. The lowest BCUT2D eigenvalue weighted by molar-refractivity contribution is -0.249. The van der Waals surface area contributed by atoms with Crippen molar-refractivity contribution in [1.29, 1.82) is 0 Å². The number of nitrogens with two attached hydrogens (primary N) is 2. The molecule has 0 aromatic carbocycles. The first kappa shape index (κ1) is 26.5. The quantitative estimate of drug-likeness (QED) is 0.108. The fourth-order valence-electron chi connectivity index (χ4n) is 6.15. The average Bonchev–Trinajstić information content (AvgIpc) is 3.69. The molecule has 11 nitrogen and oxygen atoms in total. The number of piperazine rings is 1. The van der Waals surface area contributed by atoms with Gasteiger partial charge in [0.25, 0.3) is 0 Å². The fourth-order valence-corrected chi connectivity index (χ4v) is 6.15. The summed E-state index contributed by atoms with van der Waals surface area (Å²) in [5.74, 6) is 0.804. The summed E-state index contributed by atoms with van der Waals surface area (Å²) in [6, 6.07) is 0.207. The maximum Gasteiger partial charge on any atom is 0.227 e. The van der Waals surface area contributed by atoms with E-state index < -0.39 is 0 Å². The minimum Gasteiger partial charge on any atom is -0.405 e. The lowest BCUT2D eigenvalue weighted by Crippen LogP contribution is -2.65. The fraction of sp³-hybridized carbons (Fsp3) is 0.654. The van der Waals surface area contributed by atoms with E-state index in [0.717, 1.165) is 26.2 Å². The normalized spacial score (nSPS) is 37.0. The van der Waals surface area contributed by atoms with Crippen LogP contribution in [0, 0.1) is 17.8 Å². The van der Waals surface area contributed by atoms with E-state index in [4.69, 9.17) is 16.7 Å². The first-order valence-corrected chi connectivity index (χ1v) is 13.6. The third-order valence-corrected chi connectivity index (χ3v) is 8.27. The molecule has 1 amide bonds. The topological polar surface area (TPSA) is 162 Å². The Balaban J connectivity index is 1.19. The highest BCUT2D eigenvalue weighted by Crippen LogP contribution is 2.37. The van der Waals surface area contributed by atoms with Crippen LogP contribution < -0.4 is 38.1 Å². The maximum atomic E-state index is 12.8. The van der Waals surface area contributed by atoms with E-state index in [1.165, 1.54) is 24.0 Å². The van der Waals surface area contributed by atoms with Crippen molar-refractivity contribution >= 4 is 5.91 Å². The summed E-state index contributed by atoms with van der Waals surface area (Å²) >= 11 is 0. The molecule has 3 heterocycles. The summed E-state index contributed by atoms with van der Waals surface area (Å²) in [7, 11) is 0. The summed E-state index contributed by atoms with van der Waals surface area (Å²) in [6.45, 7) is 4.13. The van der Waals surface area contributed by atoms with Gasteiger partial charge in [-0.2, -0.15) is 0 Å². The molecule has 0 spiro atoms. The van der Waals surface area contributed by atoms with Crippen LogP contribution in [0.5, 0.6) is 0 Å². The molecule has 2 aliphatic carbocycles. The van der Waals surface area contributed by atoms with Crippen LogP contribution in [0.1, 0.15) is 19.3 Å². The van der Waals surface area contributed by atoms with E-state index in [9.17, 15) is 4.79 Å². The van der Waals surface area contributed by atoms with Crippen LogP contribution in [0.15, 0.2) is 47.7 Å². The molecule has 0 aromatic rings. The van der Waals surface area contributed by atoms with Crippen LogP contribution in [-0.2, 0) is 9.68 Å². The number of nitrogens with one attached hydrogen (secondary N) is 5. The second-order valence-electron chi connectivity index (χ2n) is 10.7. The Labute approximate surface area is 218 Å². The summed E-state index contributed by atoms with van der Waals surface area (Å²) < 4.78 is 0. The summed E-state index contributed by atoms with van der Waals surface area (Å²) in [5, 5.41) is 25.9. The molecule has 5 atom stereocenters. The molecule has 204 valence electrons. The molecular formula is C26H42N8O3. The molecule has 4 unspecified atom stereocenters. The molecule has 1 saturated carbocycles. The van der Waals surface area contributed by atoms with Crippen LogP contribution in [0.3, 0.4) is 0 Å². The third kappa shape index (κ3) is 6.15. The van der Waals surface area contributed by atoms with Gasteiger partial charge < -0.3 is 16.8 Å². The van der Waals surface area contributed by atoms with Crippen molar-refractivity contribution < 1.29 is 14.9 Å². The van der Waals surface area contributed by atoms with Gasteiger partial charge in [0.05, 0.1) is 36.5 Å². The lowest BCUT2D eigenvalue weighted by Gasteiger charge is -2.42. The Morgan fingerprint density at radius 1 is 1.27 bits per heavy atom. The molecule has 0 radical (unpaired) electrons. The first-order chi connectivity index (χ1) is 18.1. The zero-order chi connectivity index (χ0) is 25.8. The zero-order valence-electron chi connectivity index (χ0n) is 21.3. The maximum absolute atomic E-state index is 12.8. The minimum atomic E-state index is -0.171. The number of hydrogen-bond donors (Lipinski definition) is 8. The molecule has 3 aliphatic heterocycles. The van der Waals surface area contributed by atoms with Gasteiger partial charge in [0.1, 0.15) is 6.61 Å². The van der Waals surface area contributed by atoms with E-state index in [-0.39, 0.29) is 49.0 Å². The highest BCUT2D eigenvalue weighted by Gasteiger charge is 2.49. The SMILES string of the molecule is N/C=C\C(=C/CNC(=O)[C@@H]1C=CC(C2NC(C3CNC(COO)NC3)N3CCNC(N)C23)=CC1)C1CC1. The second-order valence-corrected chi connectivity index (χ2v) is 10.7. The minimum absolute atomic E-state index is 0.0466. The van der Waals surface area contributed by atoms with E-state index >= 15 is 0 Å². The van der Waals surface area contributed by atoms with Crippen LogP contribution in [0.4, 0.5) is 0 Å². The first-order valence-electron chi connectivity index (χ1n) is 13.6. The molecule has 11 heteroatoms. The monoisotopic (exact) mass is 514 g/mol. The Morgan fingerprint density at radius 2 is 2.08 bits per heavy atom. The number of nitrogens with zero attached hydrogens (tertiary/aromatic N) is 1. The van der Waals surface area contributed by atoms with E-state index in [1.54, 1.807) is 6.20 Å². The second kappa shape index (κ2) is 12.2. The number of amides is 1. The third-order valence-electron chi connectivity index (χ3n) is 8.27. The number of fused-ring (bicyclic) bond motifs is 1.